The minimum Gasteiger partial charge on any atom is -0.492 e. The van der Waals surface area contributed by atoms with Gasteiger partial charge in [-0.2, -0.15) is 0 Å². The highest BCUT2D eigenvalue weighted by molar-refractivity contribution is 6.83. The van der Waals surface area contributed by atoms with Crippen LogP contribution in [0.2, 0.25) is 19.6 Å². The molecule has 0 saturated heterocycles. The monoisotopic (exact) mass is 234 g/mol. The standard InChI is InChI=1S/C12H18N2OSi/c1-5-15-12-8-11(9-13-10-12)14-6-7-16(2,3)4/h8-10,14H,5H2,1-4H3. The normalized spacial score (nSPS) is 10.2. The van der Waals surface area contributed by atoms with Crippen LogP contribution in [0.3, 0.4) is 0 Å². The molecular formula is C12H18N2OSi. The number of anilines is 1. The molecule has 1 N–H and O–H groups in total. The Morgan fingerprint density at radius 2 is 2.12 bits per heavy atom. The van der Waals surface area contributed by atoms with Crippen LogP contribution in [0.4, 0.5) is 5.69 Å². The van der Waals surface area contributed by atoms with Crippen molar-refractivity contribution in [1.29, 1.82) is 0 Å². The minimum atomic E-state index is -1.32. The molecule has 0 aliphatic heterocycles. The van der Waals surface area contributed by atoms with Crippen molar-refractivity contribution in [2.24, 2.45) is 0 Å². The molecule has 1 aromatic heterocycles. The summed E-state index contributed by atoms with van der Waals surface area (Å²) < 4.78 is 5.35. The molecule has 0 unspecified atom stereocenters. The van der Waals surface area contributed by atoms with E-state index in [1.54, 1.807) is 12.4 Å². The first-order valence-electron chi connectivity index (χ1n) is 5.37. The Morgan fingerprint density at radius 3 is 2.75 bits per heavy atom. The quantitative estimate of drug-likeness (QED) is 0.496. The summed E-state index contributed by atoms with van der Waals surface area (Å²) in [6.45, 7) is 9.21. The van der Waals surface area contributed by atoms with Crippen molar-refractivity contribution in [2.75, 3.05) is 11.9 Å². The van der Waals surface area contributed by atoms with E-state index in [2.05, 4.69) is 41.5 Å². The molecule has 0 amide bonds. The molecule has 4 heteroatoms. The van der Waals surface area contributed by atoms with E-state index in [9.17, 15) is 0 Å². The summed E-state index contributed by atoms with van der Waals surface area (Å²) in [6, 6.07) is 4.88. The lowest BCUT2D eigenvalue weighted by atomic mass is 10.4. The van der Waals surface area contributed by atoms with Crippen molar-refractivity contribution in [1.82, 2.24) is 4.98 Å². The predicted octanol–water partition coefficient (Wildman–Crippen LogP) is 2.73. The average Bonchev–Trinajstić information content (AvgIpc) is 2.17. The van der Waals surface area contributed by atoms with E-state index < -0.39 is 8.07 Å². The maximum atomic E-state index is 5.35. The van der Waals surface area contributed by atoms with Crippen molar-refractivity contribution >= 4 is 13.8 Å². The topological polar surface area (TPSA) is 34.1 Å². The molecular weight excluding hydrogens is 216 g/mol. The van der Waals surface area contributed by atoms with Crippen LogP contribution < -0.4 is 10.1 Å². The third-order valence-corrected chi connectivity index (χ3v) is 2.54. The fraction of sp³-hybridized carbons (Fsp3) is 0.417. The van der Waals surface area contributed by atoms with Crippen LogP contribution in [-0.2, 0) is 0 Å². The maximum absolute atomic E-state index is 5.35. The number of hydrogen-bond acceptors (Lipinski definition) is 3. The number of aromatic nitrogens is 1. The smallest absolute Gasteiger partial charge is 0.139 e. The van der Waals surface area contributed by atoms with Gasteiger partial charge < -0.3 is 10.1 Å². The maximum Gasteiger partial charge on any atom is 0.139 e. The molecule has 0 saturated carbocycles. The van der Waals surface area contributed by atoms with Gasteiger partial charge in [0.25, 0.3) is 0 Å². The van der Waals surface area contributed by atoms with E-state index in [0.29, 0.717) is 6.61 Å². The molecule has 16 heavy (non-hydrogen) atoms. The fourth-order valence-electron chi connectivity index (χ4n) is 1.02. The molecule has 1 rings (SSSR count). The van der Waals surface area contributed by atoms with Crippen molar-refractivity contribution in [3.63, 3.8) is 0 Å². The Balaban J connectivity index is 2.66. The van der Waals surface area contributed by atoms with E-state index in [-0.39, 0.29) is 0 Å². The molecule has 0 spiro atoms. The predicted molar refractivity (Wildman–Crippen MR) is 70.2 cm³/mol. The lowest BCUT2D eigenvalue weighted by Crippen LogP contribution is -2.16. The van der Waals surface area contributed by atoms with Gasteiger partial charge in [-0.05, 0) is 6.92 Å². The molecule has 1 aromatic rings. The van der Waals surface area contributed by atoms with Gasteiger partial charge in [0.15, 0.2) is 0 Å². The van der Waals surface area contributed by atoms with Gasteiger partial charge in [0.1, 0.15) is 13.8 Å². The highest BCUT2D eigenvalue weighted by Gasteiger charge is 2.07. The molecule has 0 aliphatic carbocycles. The first-order valence-corrected chi connectivity index (χ1v) is 8.87. The number of rotatable bonds is 3. The SMILES string of the molecule is CCOc1cncc(NC#C[Si](C)(C)C)c1. The first kappa shape index (κ1) is 12.6. The minimum absolute atomic E-state index is 0.645. The van der Waals surface area contributed by atoms with E-state index >= 15 is 0 Å². The Bertz CT molecular complexity index is 401. The van der Waals surface area contributed by atoms with Gasteiger partial charge in [-0.3, -0.25) is 4.98 Å². The van der Waals surface area contributed by atoms with Gasteiger partial charge in [0, 0.05) is 12.1 Å². The molecule has 1 heterocycles. The van der Waals surface area contributed by atoms with Gasteiger partial charge in [-0.1, -0.05) is 19.6 Å². The lowest BCUT2D eigenvalue weighted by molar-refractivity contribution is 0.339. The molecule has 0 bridgehead atoms. The molecule has 0 atom stereocenters. The van der Waals surface area contributed by atoms with Crippen LogP contribution in [0.15, 0.2) is 18.5 Å². The highest BCUT2D eigenvalue weighted by atomic mass is 28.3. The van der Waals surface area contributed by atoms with Gasteiger partial charge in [0.2, 0.25) is 0 Å². The summed E-state index contributed by atoms with van der Waals surface area (Å²) in [5, 5.41) is 3.03. The molecule has 0 aromatic carbocycles. The zero-order valence-electron chi connectivity index (χ0n) is 10.3. The molecule has 0 fully saturated rings. The van der Waals surface area contributed by atoms with Gasteiger partial charge in [-0.15, -0.1) is 5.54 Å². The van der Waals surface area contributed by atoms with Crippen molar-refractivity contribution < 1.29 is 4.74 Å². The summed E-state index contributed by atoms with van der Waals surface area (Å²) in [7, 11) is -1.32. The van der Waals surface area contributed by atoms with Crippen LogP contribution in [0.25, 0.3) is 0 Å². The average molecular weight is 234 g/mol. The van der Waals surface area contributed by atoms with E-state index in [1.165, 1.54) is 0 Å². The summed E-state index contributed by atoms with van der Waals surface area (Å²) >= 11 is 0. The summed E-state index contributed by atoms with van der Waals surface area (Å²) in [5.41, 5.74) is 4.10. The third kappa shape index (κ3) is 4.85. The number of hydrogen-bond donors (Lipinski definition) is 1. The number of pyridine rings is 1. The lowest BCUT2D eigenvalue weighted by Gasteiger charge is -2.05. The van der Waals surface area contributed by atoms with Crippen molar-refractivity contribution in [3.8, 4) is 17.3 Å². The van der Waals surface area contributed by atoms with Crippen molar-refractivity contribution in [3.05, 3.63) is 18.5 Å². The van der Waals surface area contributed by atoms with Crippen molar-refractivity contribution in [2.45, 2.75) is 26.6 Å². The number of nitrogens with zero attached hydrogens (tertiary/aromatic N) is 1. The van der Waals surface area contributed by atoms with Crippen LogP contribution >= 0.6 is 0 Å². The number of ether oxygens (including phenoxy) is 1. The van der Waals surface area contributed by atoms with E-state index in [1.807, 2.05) is 13.0 Å². The van der Waals surface area contributed by atoms with Crippen LogP contribution in [0, 0.1) is 11.6 Å². The fourth-order valence-corrected chi connectivity index (χ4v) is 1.46. The zero-order chi connectivity index (χ0) is 12.0. The molecule has 0 aliphatic rings. The van der Waals surface area contributed by atoms with Crippen LogP contribution in [0.1, 0.15) is 6.92 Å². The Kier molecular flexibility index (Phi) is 4.38. The Morgan fingerprint density at radius 1 is 1.38 bits per heavy atom. The van der Waals surface area contributed by atoms with Crippen LogP contribution in [-0.4, -0.2) is 19.7 Å². The second-order valence-corrected chi connectivity index (χ2v) is 9.22. The summed E-state index contributed by atoms with van der Waals surface area (Å²) in [5.74, 6) is 0.766. The van der Waals surface area contributed by atoms with Gasteiger partial charge in [0.05, 0.1) is 24.7 Å². The Hall–Kier alpha value is -1.47. The largest absolute Gasteiger partial charge is 0.492 e. The summed E-state index contributed by atoms with van der Waals surface area (Å²) in [4.78, 5) is 4.07. The summed E-state index contributed by atoms with van der Waals surface area (Å²) in [6.07, 6.45) is 3.43. The number of nitrogens with one attached hydrogen (secondary N) is 1. The third-order valence-electron chi connectivity index (χ3n) is 1.67. The Labute approximate surface area is 98.2 Å². The second kappa shape index (κ2) is 5.57. The van der Waals surface area contributed by atoms with E-state index in [0.717, 1.165) is 11.4 Å². The molecule has 0 radical (unpaired) electrons. The zero-order valence-corrected chi connectivity index (χ0v) is 11.3. The second-order valence-electron chi connectivity index (χ2n) is 4.47. The van der Waals surface area contributed by atoms with Crippen LogP contribution in [0.5, 0.6) is 5.75 Å². The van der Waals surface area contributed by atoms with Gasteiger partial charge in [-0.25, -0.2) is 0 Å². The highest BCUT2D eigenvalue weighted by Crippen LogP contribution is 2.14. The molecule has 3 nitrogen and oxygen atoms in total. The van der Waals surface area contributed by atoms with E-state index in [4.69, 9.17) is 4.74 Å². The molecule has 86 valence electrons. The first-order chi connectivity index (χ1) is 7.51. The van der Waals surface area contributed by atoms with Gasteiger partial charge >= 0.3 is 0 Å².